The zero-order chi connectivity index (χ0) is 27.5. The molecule has 196 valence electrons. The second-order valence-electron chi connectivity index (χ2n) is 8.97. The number of hydrogen-bond donors (Lipinski definition) is 0. The highest BCUT2D eigenvalue weighted by Gasteiger charge is 2.25. The number of para-hydroxylation sites is 1. The van der Waals surface area contributed by atoms with Crippen LogP contribution >= 0.6 is 0 Å². The summed E-state index contributed by atoms with van der Waals surface area (Å²) in [5, 5.41) is 5.19. The quantitative estimate of drug-likeness (QED) is 0.159. The number of rotatable bonds is 7. The maximum absolute atomic E-state index is 13.5. The largest absolute Gasteiger partial charge is 0.462 e. The van der Waals surface area contributed by atoms with Crippen LogP contribution in [0.1, 0.15) is 27.8 Å². The number of hydrogen-bond acceptors (Lipinski definition) is 6. The van der Waals surface area contributed by atoms with Crippen molar-refractivity contribution in [3.63, 3.8) is 0 Å². The number of benzene rings is 4. The van der Waals surface area contributed by atoms with E-state index < -0.39 is 11.9 Å². The van der Waals surface area contributed by atoms with Gasteiger partial charge in [-0.1, -0.05) is 78.9 Å². The monoisotopic (exact) mass is 528 g/mol. The molecule has 0 aliphatic heterocycles. The predicted molar refractivity (Wildman–Crippen MR) is 152 cm³/mol. The minimum absolute atomic E-state index is 0.210. The first-order valence-corrected chi connectivity index (χ1v) is 12.8. The van der Waals surface area contributed by atoms with E-state index in [1.807, 2.05) is 91.0 Å². The van der Waals surface area contributed by atoms with Crippen LogP contribution in [0.4, 0.5) is 0 Å². The van der Waals surface area contributed by atoms with E-state index in [0.717, 1.165) is 16.8 Å². The number of carbonyl (C=O) groups is 2. The van der Waals surface area contributed by atoms with E-state index in [2.05, 4.69) is 0 Å². The molecule has 0 atom stereocenters. The average Bonchev–Trinajstić information content (AvgIpc) is 3.61. The number of ether oxygens (including phenoxy) is 2. The van der Waals surface area contributed by atoms with Gasteiger partial charge in [0.25, 0.3) is 0 Å². The Morgan fingerprint density at radius 2 is 1.43 bits per heavy atom. The Hall–Kier alpha value is -5.43. The molecule has 0 spiro atoms. The minimum atomic E-state index is -0.595. The lowest BCUT2D eigenvalue weighted by Gasteiger charge is -2.08. The Balaban J connectivity index is 1.40. The summed E-state index contributed by atoms with van der Waals surface area (Å²) in [6, 6.07) is 35.0. The summed E-state index contributed by atoms with van der Waals surface area (Å²) in [4.78, 5) is 26.5. The van der Waals surface area contributed by atoms with Gasteiger partial charge in [0.05, 0.1) is 18.0 Å². The van der Waals surface area contributed by atoms with Gasteiger partial charge in [0.2, 0.25) is 0 Å². The van der Waals surface area contributed by atoms with Gasteiger partial charge in [-0.3, -0.25) is 0 Å². The van der Waals surface area contributed by atoms with Crippen molar-refractivity contribution in [1.29, 1.82) is 0 Å². The van der Waals surface area contributed by atoms with Gasteiger partial charge in [-0.15, -0.1) is 0 Å². The van der Waals surface area contributed by atoms with Crippen molar-refractivity contribution in [2.24, 2.45) is 0 Å². The molecule has 0 unspecified atom stereocenters. The Labute approximate surface area is 230 Å². The highest BCUT2D eigenvalue weighted by atomic mass is 16.5. The van der Waals surface area contributed by atoms with Gasteiger partial charge in [0.1, 0.15) is 22.7 Å². The molecule has 4 aromatic carbocycles. The number of fused-ring (bicyclic) bond motifs is 1. The maximum Gasteiger partial charge on any atom is 0.362 e. The second kappa shape index (κ2) is 10.7. The lowest BCUT2D eigenvalue weighted by molar-refractivity contribution is 0.0528. The molecule has 6 aromatic rings. The molecule has 0 N–H and O–H groups in total. The molecule has 6 rings (SSSR count). The molecular weight excluding hydrogens is 504 g/mol. The summed E-state index contributed by atoms with van der Waals surface area (Å²) in [6.45, 7) is 1.96. The molecule has 0 saturated heterocycles. The summed E-state index contributed by atoms with van der Waals surface area (Å²) in [7, 11) is 0. The molecule has 0 aliphatic rings. The van der Waals surface area contributed by atoms with Crippen LogP contribution in [0.3, 0.4) is 0 Å². The van der Waals surface area contributed by atoms with Crippen molar-refractivity contribution in [2.45, 2.75) is 6.92 Å². The number of carbonyl (C=O) groups excluding carboxylic acids is 2. The molecule has 7 heteroatoms. The predicted octanol–water partition coefficient (Wildman–Crippen LogP) is 7.35. The van der Waals surface area contributed by atoms with Crippen LogP contribution in [0.25, 0.3) is 39.2 Å². The average molecular weight is 529 g/mol. The number of furan rings is 1. The molecular formula is C33H24N2O5. The third-order valence-electron chi connectivity index (χ3n) is 6.37. The number of aromatic nitrogens is 2. The Morgan fingerprint density at radius 3 is 2.10 bits per heavy atom. The molecule has 7 nitrogen and oxygen atoms in total. The van der Waals surface area contributed by atoms with Gasteiger partial charge in [0, 0.05) is 16.5 Å². The van der Waals surface area contributed by atoms with Gasteiger partial charge in [-0.05, 0) is 43.3 Å². The Morgan fingerprint density at radius 1 is 0.775 bits per heavy atom. The molecule has 0 saturated carbocycles. The first-order chi connectivity index (χ1) is 19.6. The third-order valence-corrected chi connectivity index (χ3v) is 6.37. The molecule has 2 heterocycles. The fourth-order valence-corrected chi connectivity index (χ4v) is 4.54. The third kappa shape index (κ3) is 4.76. The molecule has 0 fully saturated rings. The van der Waals surface area contributed by atoms with E-state index in [1.165, 1.54) is 0 Å². The molecule has 2 aromatic heterocycles. The zero-order valence-corrected chi connectivity index (χ0v) is 21.6. The SMILES string of the molecule is CCOC(=O)c1c(-c2ccccc2)oc2ccc(OC(=O)c3cc(-c4ccccc4)nn3-c3ccccc3)cc12. The Kier molecular flexibility index (Phi) is 6.68. The van der Waals surface area contributed by atoms with E-state index >= 15 is 0 Å². The van der Waals surface area contributed by atoms with Crippen LogP contribution in [-0.2, 0) is 4.74 Å². The van der Waals surface area contributed by atoms with Crippen molar-refractivity contribution < 1.29 is 23.5 Å². The smallest absolute Gasteiger partial charge is 0.362 e. The number of esters is 2. The van der Waals surface area contributed by atoms with E-state index in [-0.39, 0.29) is 23.6 Å². The first kappa shape index (κ1) is 24.9. The number of nitrogens with zero attached hydrogens (tertiary/aromatic N) is 2. The minimum Gasteiger partial charge on any atom is -0.462 e. The van der Waals surface area contributed by atoms with E-state index in [4.69, 9.17) is 19.0 Å². The summed E-state index contributed by atoms with van der Waals surface area (Å²) in [6.07, 6.45) is 0. The van der Waals surface area contributed by atoms with Crippen LogP contribution < -0.4 is 4.74 Å². The van der Waals surface area contributed by atoms with Crippen molar-refractivity contribution in [3.05, 3.63) is 127 Å². The standard InChI is InChI=1S/C33H24N2O5/c1-2-38-33(37)30-26-20-25(18-19-29(26)40-31(30)23-14-8-4-9-15-23)39-32(36)28-21-27(22-12-6-3-7-13-22)34-35(28)24-16-10-5-11-17-24/h3-21H,2H2,1H3. The highest BCUT2D eigenvalue weighted by Crippen LogP contribution is 2.36. The summed E-state index contributed by atoms with van der Waals surface area (Å²) in [5.74, 6) is -0.460. The molecule has 0 bridgehead atoms. The molecule has 0 amide bonds. The van der Waals surface area contributed by atoms with E-state index in [0.29, 0.717) is 22.4 Å². The zero-order valence-electron chi connectivity index (χ0n) is 21.6. The summed E-state index contributed by atoms with van der Waals surface area (Å²) in [5.41, 5.74) is 3.98. The van der Waals surface area contributed by atoms with Gasteiger partial charge in [-0.25, -0.2) is 14.3 Å². The molecule has 0 radical (unpaired) electrons. The molecule has 0 aliphatic carbocycles. The van der Waals surface area contributed by atoms with E-state index in [9.17, 15) is 9.59 Å². The van der Waals surface area contributed by atoms with Crippen LogP contribution in [-0.4, -0.2) is 28.3 Å². The second-order valence-corrected chi connectivity index (χ2v) is 8.97. The van der Waals surface area contributed by atoms with Crippen molar-refractivity contribution in [3.8, 4) is 34.0 Å². The highest BCUT2D eigenvalue weighted by molar-refractivity contribution is 6.09. The normalized spacial score (nSPS) is 10.9. The van der Waals surface area contributed by atoms with Crippen LogP contribution in [0.15, 0.2) is 120 Å². The van der Waals surface area contributed by atoms with Gasteiger partial charge >= 0.3 is 11.9 Å². The van der Waals surface area contributed by atoms with Gasteiger partial charge < -0.3 is 13.9 Å². The van der Waals surface area contributed by atoms with Crippen molar-refractivity contribution in [2.75, 3.05) is 6.61 Å². The van der Waals surface area contributed by atoms with Crippen LogP contribution in [0, 0.1) is 0 Å². The van der Waals surface area contributed by atoms with Crippen molar-refractivity contribution >= 4 is 22.9 Å². The topological polar surface area (TPSA) is 83.6 Å². The first-order valence-electron chi connectivity index (χ1n) is 12.8. The molecule has 40 heavy (non-hydrogen) atoms. The summed E-state index contributed by atoms with van der Waals surface area (Å²) < 4.78 is 18.8. The lowest BCUT2D eigenvalue weighted by atomic mass is 10.1. The van der Waals surface area contributed by atoms with Crippen molar-refractivity contribution in [1.82, 2.24) is 9.78 Å². The van der Waals surface area contributed by atoms with Crippen LogP contribution in [0.2, 0.25) is 0 Å². The lowest BCUT2D eigenvalue weighted by Crippen LogP contribution is -2.14. The Bertz CT molecular complexity index is 1810. The maximum atomic E-state index is 13.5. The summed E-state index contributed by atoms with van der Waals surface area (Å²) >= 11 is 0. The van der Waals surface area contributed by atoms with E-state index in [1.54, 1.807) is 35.9 Å². The fourth-order valence-electron chi connectivity index (χ4n) is 4.54. The van der Waals surface area contributed by atoms with Gasteiger partial charge in [0.15, 0.2) is 5.69 Å². The van der Waals surface area contributed by atoms with Crippen LogP contribution in [0.5, 0.6) is 5.75 Å². The van der Waals surface area contributed by atoms with Gasteiger partial charge in [-0.2, -0.15) is 5.10 Å². The fraction of sp³-hybridized carbons (Fsp3) is 0.0606.